The van der Waals surface area contributed by atoms with Gasteiger partial charge in [0.2, 0.25) is 0 Å². The molecule has 0 spiro atoms. The van der Waals surface area contributed by atoms with Crippen LogP contribution in [0.5, 0.6) is 5.75 Å². The molecule has 0 saturated carbocycles. The van der Waals surface area contributed by atoms with Gasteiger partial charge in [0, 0.05) is 18.7 Å². The number of halogens is 3. The van der Waals surface area contributed by atoms with Gasteiger partial charge in [-0.15, -0.1) is 13.2 Å². The van der Waals surface area contributed by atoms with Gasteiger partial charge >= 0.3 is 6.36 Å². The van der Waals surface area contributed by atoms with Gasteiger partial charge in [-0.3, -0.25) is 10.1 Å². The quantitative estimate of drug-likeness (QED) is 0.666. The number of benzene rings is 2. The SMILES string of the molecule is O=[N+]([O-])c1cccc(CNc2ccccc2OC(F)(F)F)c1. The first kappa shape index (κ1) is 15.6. The van der Waals surface area contributed by atoms with E-state index in [9.17, 15) is 23.3 Å². The van der Waals surface area contributed by atoms with Crippen molar-refractivity contribution in [3.63, 3.8) is 0 Å². The highest BCUT2D eigenvalue weighted by atomic mass is 19.4. The third kappa shape index (κ3) is 4.37. The summed E-state index contributed by atoms with van der Waals surface area (Å²) in [6.45, 7) is 0.125. The van der Waals surface area contributed by atoms with Crippen molar-refractivity contribution in [1.82, 2.24) is 0 Å². The van der Waals surface area contributed by atoms with E-state index >= 15 is 0 Å². The first-order valence-electron chi connectivity index (χ1n) is 6.17. The van der Waals surface area contributed by atoms with Crippen molar-refractivity contribution in [3.05, 3.63) is 64.2 Å². The van der Waals surface area contributed by atoms with Gasteiger partial charge < -0.3 is 10.1 Å². The summed E-state index contributed by atoms with van der Waals surface area (Å²) in [7, 11) is 0. The number of rotatable bonds is 5. The zero-order chi connectivity index (χ0) is 16.2. The number of hydrogen-bond donors (Lipinski definition) is 1. The summed E-state index contributed by atoms with van der Waals surface area (Å²) >= 11 is 0. The Labute approximate surface area is 123 Å². The summed E-state index contributed by atoms with van der Waals surface area (Å²) in [5.74, 6) is -0.361. The summed E-state index contributed by atoms with van der Waals surface area (Å²) in [5, 5.41) is 13.4. The lowest BCUT2D eigenvalue weighted by Gasteiger charge is -2.14. The Balaban J connectivity index is 2.12. The maximum atomic E-state index is 12.3. The fourth-order valence-corrected chi connectivity index (χ4v) is 1.80. The molecule has 0 unspecified atom stereocenters. The van der Waals surface area contributed by atoms with Crippen LogP contribution in [0.4, 0.5) is 24.5 Å². The monoisotopic (exact) mass is 312 g/mol. The number of non-ortho nitro benzene ring substituents is 1. The van der Waals surface area contributed by atoms with E-state index < -0.39 is 11.3 Å². The number of hydrogen-bond acceptors (Lipinski definition) is 4. The molecular weight excluding hydrogens is 301 g/mol. The minimum atomic E-state index is -4.79. The van der Waals surface area contributed by atoms with Crippen LogP contribution < -0.4 is 10.1 Å². The number of nitrogens with zero attached hydrogens (tertiary/aromatic N) is 1. The zero-order valence-corrected chi connectivity index (χ0v) is 11.1. The lowest BCUT2D eigenvalue weighted by atomic mass is 10.2. The normalized spacial score (nSPS) is 11.0. The van der Waals surface area contributed by atoms with E-state index in [-0.39, 0.29) is 23.7 Å². The molecule has 0 aliphatic carbocycles. The van der Waals surface area contributed by atoms with Crippen LogP contribution in [0, 0.1) is 10.1 Å². The summed E-state index contributed by atoms with van der Waals surface area (Å²) in [5.41, 5.74) is 0.626. The topological polar surface area (TPSA) is 64.4 Å². The minimum Gasteiger partial charge on any atom is -0.404 e. The second-order valence-corrected chi connectivity index (χ2v) is 4.32. The number of para-hydroxylation sites is 2. The average Bonchev–Trinajstić information content (AvgIpc) is 2.45. The van der Waals surface area contributed by atoms with Crippen LogP contribution in [0.15, 0.2) is 48.5 Å². The van der Waals surface area contributed by atoms with Gasteiger partial charge in [0.25, 0.3) is 5.69 Å². The van der Waals surface area contributed by atoms with Crippen molar-refractivity contribution in [2.75, 3.05) is 5.32 Å². The van der Waals surface area contributed by atoms with Crippen LogP contribution >= 0.6 is 0 Å². The highest BCUT2D eigenvalue weighted by Crippen LogP contribution is 2.30. The van der Waals surface area contributed by atoms with Crippen molar-refractivity contribution >= 4 is 11.4 Å². The van der Waals surface area contributed by atoms with Crippen LogP contribution in [-0.4, -0.2) is 11.3 Å². The second kappa shape index (κ2) is 6.33. The van der Waals surface area contributed by atoms with Crippen molar-refractivity contribution < 1.29 is 22.8 Å². The zero-order valence-electron chi connectivity index (χ0n) is 11.1. The van der Waals surface area contributed by atoms with E-state index in [1.165, 1.54) is 36.4 Å². The number of nitrogens with one attached hydrogen (secondary N) is 1. The molecule has 5 nitrogen and oxygen atoms in total. The van der Waals surface area contributed by atoms with Gasteiger partial charge in [0.1, 0.15) is 0 Å². The summed E-state index contributed by atoms with van der Waals surface area (Å²) in [6, 6.07) is 11.4. The standard InChI is InChI=1S/C14H11F3N2O3/c15-14(16,17)22-13-7-2-1-6-12(13)18-9-10-4-3-5-11(8-10)19(20)21/h1-8,18H,9H2. The third-order valence-electron chi connectivity index (χ3n) is 2.72. The first-order valence-corrected chi connectivity index (χ1v) is 6.17. The predicted molar refractivity (Wildman–Crippen MR) is 73.5 cm³/mol. The molecule has 22 heavy (non-hydrogen) atoms. The molecule has 0 amide bonds. The Morgan fingerprint density at radius 3 is 2.55 bits per heavy atom. The van der Waals surface area contributed by atoms with Crippen molar-refractivity contribution in [1.29, 1.82) is 0 Å². The van der Waals surface area contributed by atoms with Crippen molar-refractivity contribution in [3.8, 4) is 5.75 Å². The lowest BCUT2D eigenvalue weighted by Crippen LogP contribution is -2.18. The van der Waals surface area contributed by atoms with Gasteiger partial charge in [-0.05, 0) is 17.7 Å². The van der Waals surface area contributed by atoms with Crippen LogP contribution in [0.1, 0.15) is 5.56 Å². The van der Waals surface area contributed by atoms with Crippen LogP contribution in [0.3, 0.4) is 0 Å². The number of nitro benzene ring substituents is 1. The highest BCUT2D eigenvalue weighted by molar-refractivity contribution is 5.56. The molecule has 0 fully saturated rings. The smallest absolute Gasteiger partial charge is 0.404 e. The van der Waals surface area contributed by atoms with Crippen LogP contribution in [0.25, 0.3) is 0 Å². The van der Waals surface area contributed by atoms with Gasteiger partial charge in [-0.25, -0.2) is 0 Å². The van der Waals surface area contributed by atoms with Crippen molar-refractivity contribution in [2.24, 2.45) is 0 Å². The fourth-order valence-electron chi connectivity index (χ4n) is 1.80. The summed E-state index contributed by atoms with van der Waals surface area (Å²) < 4.78 is 40.8. The number of nitro groups is 1. The maximum absolute atomic E-state index is 12.3. The van der Waals surface area contributed by atoms with E-state index in [1.54, 1.807) is 12.1 Å². The molecule has 2 rings (SSSR count). The molecule has 0 heterocycles. The maximum Gasteiger partial charge on any atom is 0.573 e. The molecule has 116 valence electrons. The third-order valence-corrected chi connectivity index (χ3v) is 2.72. The van der Waals surface area contributed by atoms with Crippen LogP contribution in [0.2, 0.25) is 0 Å². The molecular formula is C14H11F3N2O3. The largest absolute Gasteiger partial charge is 0.573 e. The molecule has 0 aliphatic heterocycles. The summed E-state index contributed by atoms with van der Waals surface area (Å²) in [6.07, 6.45) is -4.79. The molecule has 1 N–H and O–H groups in total. The fraction of sp³-hybridized carbons (Fsp3) is 0.143. The molecule has 2 aromatic carbocycles. The van der Waals surface area contributed by atoms with Crippen LogP contribution in [-0.2, 0) is 6.54 Å². The molecule has 0 aromatic heterocycles. The lowest BCUT2D eigenvalue weighted by molar-refractivity contribution is -0.384. The molecule has 0 aliphatic rings. The van der Waals surface area contributed by atoms with E-state index in [4.69, 9.17) is 0 Å². The molecule has 0 atom stereocenters. The number of ether oxygens (including phenoxy) is 1. The summed E-state index contributed by atoms with van der Waals surface area (Å²) in [4.78, 5) is 10.1. The number of anilines is 1. The molecule has 0 radical (unpaired) electrons. The van der Waals surface area contributed by atoms with E-state index in [0.29, 0.717) is 5.56 Å². The Hall–Kier alpha value is -2.77. The first-order chi connectivity index (χ1) is 10.3. The molecule has 8 heteroatoms. The number of alkyl halides is 3. The Bertz CT molecular complexity index is 674. The van der Waals surface area contributed by atoms with Gasteiger partial charge in [0.15, 0.2) is 5.75 Å². The molecule has 0 saturated heterocycles. The minimum absolute atomic E-state index is 0.0841. The van der Waals surface area contributed by atoms with Gasteiger partial charge in [-0.1, -0.05) is 24.3 Å². The van der Waals surface area contributed by atoms with Gasteiger partial charge in [0.05, 0.1) is 10.6 Å². The average molecular weight is 312 g/mol. The van der Waals surface area contributed by atoms with Crippen molar-refractivity contribution in [2.45, 2.75) is 12.9 Å². The molecule has 0 bridgehead atoms. The van der Waals surface area contributed by atoms with E-state index in [0.717, 1.165) is 0 Å². The second-order valence-electron chi connectivity index (χ2n) is 4.32. The highest BCUT2D eigenvalue weighted by Gasteiger charge is 2.32. The predicted octanol–water partition coefficient (Wildman–Crippen LogP) is 4.11. The molecule has 2 aromatic rings. The Morgan fingerprint density at radius 1 is 1.14 bits per heavy atom. The van der Waals surface area contributed by atoms with E-state index in [2.05, 4.69) is 10.1 Å². The Kier molecular flexibility index (Phi) is 4.50. The van der Waals surface area contributed by atoms with Gasteiger partial charge in [-0.2, -0.15) is 0 Å². The van der Waals surface area contributed by atoms with E-state index in [1.807, 2.05) is 0 Å². The Morgan fingerprint density at radius 2 is 1.86 bits per heavy atom.